The van der Waals surface area contributed by atoms with Gasteiger partial charge in [-0.05, 0) is 37.5 Å². The SMILES string of the molecule is COc1cccc(C(=O)NC(C)CCCC(C)C)c1. The third-order valence-electron chi connectivity index (χ3n) is 3.13. The highest BCUT2D eigenvalue weighted by molar-refractivity contribution is 5.94. The van der Waals surface area contributed by atoms with Gasteiger partial charge in [-0.1, -0.05) is 32.8 Å². The van der Waals surface area contributed by atoms with Crippen LogP contribution in [-0.4, -0.2) is 19.1 Å². The van der Waals surface area contributed by atoms with E-state index in [1.807, 2.05) is 12.1 Å². The lowest BCUT2D eigenvalue weighted by atomic mass is 10.0. The number of benzene rings is 1. The van der Waals surface area contributed by atoms with E-state index in [2.05, 4.69) is 26.1 Å². The van der Waals surface area contributed by atoms with Gasteiger partial charge in [0.2, 0.25) is 0 Å². The Bertz CT molecular complexity index is 401. The van der Waals surface area contributed by atoms with Gasteiger partial charge in [-0.2, -0.15) is 0 Å². The maximum absolute atomic E-state index is 12.1. The van der Waals surface area contributed by atoms with Gasteiger partial charge in [0.15, 0.2) is 0 Å². The van der Waals surface area contributed by atoms with E-state index in [0.717, 1.165) is 18.8 Å². The lowest BCUT2D eigenvalue weighted by molar-refractivity contribution is 0.0937. The van der Waals surface area contributed by atoms with Crippen molar-refractivity contribution in [1.82, 2.24) is 5.32 Å². The molecule has 106 valence electrons. The van der Waals surface area contributed by atoms with Crippen molar-refractivity contribution in [2.45, 2.75) is 46.1 Å². The standard InChI is InChI=1S/C16H25NO2/c1-12(2)7-5-8-13(3)17-16(18)14-9-6-10-15(11-14)19-4/h6,9-13H,5,7-8H2,1-4H3,(H,17,18). The number of nitrogens with one attached hydrogen (secondary N) is 1. The summed E-state index contributed by atoms with van der Waals surface area (Å²) in [6.45, 7) is 6.50. The van der Waals surface area contributed by atoms with Gasteiger partial charge in [-0.3, -0.25) is 4.79 Å². The van der Waals surface area contributed by atoms with Gasteiger partial charge < -0.3 is 10.1 Å². The van der Waals surface area contributed by atoms with Crippen molar-refractivity contribution in [1.29, 1.82) is 0 Å². The van der Waals surface area contributed by atoms with Gasteiger partial charge in [0.05, 0.1) is 7.11 Å². The minimum Gasteiger partial charge on any atom is -0.497 e. The predicted octanol–water partition coefficient (Wildman–Crippen LogP) is 3.64. The van der Waals surface area contributed by atoms with E-state index < -0.39 is 0 Å². The minimum absolute atomic E-state index is 0.0315. The van der Waals surface area contributed by atoms with Crippen LogP contribution in [0.25, 0.3) is 0 Å². The van der Waals surface area contributed by atoms with Crippen LogP contribution in [0.2, 0.25) is 0 Å². The summed E-state index contributed by atoms with van der Waals surface area (Å²) in [5.41, 5.74) is 0.648. The van der Waals surface area contributed by atoms with E-state index in [-0.39, 0.29) is 11.9 Å². The van der Waals surface area contributed by atoms with Crippen LogP contribution in [0.4, 0.5) is 0 Å². The minimum atomic E-state index is -0.0315. The largest absolute Gasteiger partial charge is 0.497 e. The molecule has 1 aromatic carbocycles. The van der Waals surface area contributed by atoms with Gasteiger partial charge >= 0.3 is 0 Å². The zero-order valence-corrected chi connectivity index (χ0v) is 12.4. The van der Waals surface area contributed by atoms with Crippen molar-refractivity contribution in [2.75, 3.05) is 7.11 Å². The first kappa shape index (κ1) is 15.5. The highest BCUT2D eigenvalue weighted by Gasteiger charge is 2.10. The predicted molar refractivity (Wildman–Crippen MR) is 78.6 cm³/mol. The van der Waals surface area contributed by atoms with Gasteiger partial charge in [0.25, 0.3) is 5.91 Å². The molecule has 0 saturated heterocycles. The fraction of sp³-hybridized carbons (Fsp3) is 0.562. The highest BCUT2D eigenvalue weighted by Crippen LogP contribution is 2.13. The Morgan fingerprint density at radius 3 is 2.63 bits per heavy atom. The topological polar surface area (TPSA) is 38.3 Å². The molecule has 0 bridgehead atoms. The maximum Gasteiger partial charge on any atom is 0.251 e. The van der Waals surface area contributed by atoms with E-state index in [1.165, 1.54) is 6.42 Å². The van der Waals surface area contributed by atoms with Crippen molar-refractivity contribution in [3.63, 3.8) is 0 Å². The lowest BCUT2D eigenvalue weighted by Crippen LogP contribution is -2.32. The maximum atomic E-state index is 12.1. The quantitative estimate of drug-likeness (QED) is 0.815. The zero-order valence-electron chi connectivity index (χ0n) is 12.4. The molecule has 1 amide bonds. The summed E-state index contributed by atoms with van der Waals surface area (Å²) in [5.74, 6) is 1.40. The molecule has 1 aromatic rings. The summed E-state index contributed by atoms with van der Waals surface area (Å²) in [5, 5.41) is 3.03. The van der Waals surface area contributed by atoms with Crippen LogP contribution in [0.1, 0.15) is 50.4 Å². The molecule has 0 aliphatic heterocycles. The molecule has 0 spiro atoms. The van der Waals surface area contributed by atoms with Crippen molar-refractivity contribution in [3.05, 3.63) is 29.8 Å². The van der Waals surface area contributed by atoms with Crippen molar-refractivity contribution in [2.24, 2.45) is 5.92 Å². The fourth-order valence-electron chi connectivity index (χ4n) is 1.98. The number of rotatable bonds is 7. The summed E-state index contributed by atoms with van der Waals surface area (Å²) in [4.78, 5) is 12.1. The van der Waals surface area contributed by atoms with Crippen LogP contribution in [0.3, 0.4) is 0 Å². The second kappa shape index (κ2) is 7.82. The normalized spacial score (nSPS) is 12.3. The summed E-state index contributed by atoms with van der Waals surface area (Å²) >= 11 is 0. The molecule has 0 fully saturated rings. The number of carbonyl (C=O) groups is 1. The number of hydrogen-bond donors (Lipinski definition) is 1. The molecular weight excluding hydrogens is 238 g/mol. The Labute approximate surface area is 116 Å². The monoisotopic (exact) mass is 263 g/mol. The molecule has 3 nitrogen and oxygen atoms in total. The van der Waals surface area contributed by atoms with Crippen molar-refractivity contribution < 1.29 is 9.53 Å². The molecule has 0 aliphatic carbocycles. The van der Waals surface area contributed by atoms with Crippen LogP contribution in [0.5, 0.6) is 5.75 Å². The average molecular weight is 263 g/mol. The number of methoxy groups -OCH3 is 1. The van der Waals surface area contributed by atoms with Crippen LogP contribution in [0, 0.1) is 5.92 Å². The zero-order chi connectivity index (χ0) is 14.3. The Hall–Kier alpha value is -1.51. The van der Waals surface area contributed by atoms with E-state index in [9.17, 15) is 4.79 Å². The first-order valence-corrected chi connectivity index (χ1v) is 6.98. The molecule has 1 unspecified atom stereocenters. The van der Waals surface area contributed by atoms with E-state index in [4.69, 9.17) is 4.74 Å². The fourth-order valence-corrected chi connectivity index (χ4v) is 1.98. The third-order valence-corrected chi connectivity index (χ3v) is 3.13. The first-order chi connectivity index (χ1) is 9.02. The van der Waals surface area contributed by atoms with Gasteiger partial charge in [-0.15, -0.1) is 0 Å². The van der Waals surface area contributed by atoms with E-state index >= 15 is 0 Å². The second-order valence-corrected chi connectivity index (χ2v) is 5.43. The molecule has 0 saturated carbocycles. The molecule has 1 N–H and O–H groups in total. The number of carbonyl (C=O) groups excluding carboxylic acids is 1. The highest BCUT2D eigenvalue weighted by atomic mass is 16.5. The Morgan fingerprint density at radius 2 is 2.00 bits per heavy atom. The smallest absolute Gasteiger partial charge is 0.251 e. The van der Waals surface area contributed by atoms with Crippen LogP contribution < -0.4 is 10.1 Å². The molecular formula is C16H25NO2. The molecule has 0 aromatic heterocycles. The lowest BCUT2D eigenvalue weighted by Gasteiger charge is -2.14. The summed E-state index contributed by atoms with van der Waals surface area (Å²) in [6.07, 6.45) is 3.38. The molecule has 0 heterocycles. The second-order valence-electron chi connectivity index (χ2n) is 5.43. The first-order valence-electron chi connectivity index (χ1n) is 6.98. The Morgan fingerprint density at radius 1 is 1.26 bits per heavy atom. The van der Waals surface area contributed by atoms with Crippen LogP contribution >= 0.6 is 0 Å². The molecule has 0 radical (unpaired) electrons. The van der Waals surface area contributed by atoms with E-state index in [0.29, 0.717) is 11.3 Å². The number of ether oxygens (including phenoxy) is 1. The van der Waals surface area contributed by atoms with Crippen LogP contribution in [0.15, 0.2) is 24.3 Å². The Balaban J connectivity index is 2.45. The summed E-state index contributed by atoms with van der Waals surface area (Å²) in [6, 6.07) is 7.44. The molecule has 3 heteroatoms. The van der Waals surface area contributed by atoms with Crippen LogP contribution in [-0.2, 0) is 0 Å². The Kier molecular flexibility index (Phi) is 6.40. The number of hydrogen-bond acceptors (Lipinski definition) is 2. The molecule has 19 heavy (non-hydrogen) atoms. The molecule has 0 aliphatic rings. The van der Waals surface area contributed by atoms with Gasteiger partial charge in [-0.25, -0.2) is 0 Å². The average Bonchev–Trinajstić information content (AvgIpc) is 2.38. The molecule has 1 rings (SSSR count). The third kappa shape index (κ3) is 5.77. The number of amides is 1. The molecule has 1 atom stereocenters. The summed E-state index contributed by atoms with van der Waals surface area (Å²) < 4.78 is 5.12. The summed E-state index contributed by atoms with van der Waals surface area (Å²) in [7, 11) is 1.60. The van der Waals surface area contributed by atoms with Crippen molar-refractivity contribution in [3.8, 4) is 5.75 Å². The van der Waals surface area contributed by atoms with Gasteiger partial charge in [0.1, 0.15) is 5.75 Å². The van der Waals surface area contributed by atoms with E-state index in [1.54, 1.807) is 19.2 Å². The van der Waals surface area contributed by atoms with Gasteiger partial charge in [0, 0.05) is 11.6 Å². The van der Waals surface area contributed by atoms with Crippen molar-refractivity contribution >= 4 is 5.91 Å².